The van der Waals surface area contributed by atoms with Crippen molar-refractivity contribution in [2.45, 2.75) is 25.3 Å². The molecule has 1 aromatic heterocycles. The maximum Gasteiger partial charge on any atom is 0.150 e. The quantitative estimate of drug-likeness (QED) is 0.854. The topological polar surface area (TPSA) is 52.0 Å². The first-order chi connectivity index (χ1) is 7.86. The van der Waals surface area contributed by atoms with Gasteiger partial charge in [0.2, 0.25) is 0 Å². The molecule has 1 saturated carbocycles. The molecule has 0 bridgehead atoms. The predicted octanol–water partition coefficient (Wildman–Crippen LogP) is 2.68. The fourth-order valence-corrected chi connectivity index (χ4v) is 1.89. The molecule has 1 aliphatic rings. The van der Waals surface area contributed by atoms with Gasteiger partial charge in [-0.15, -0.1) is 0 Å². The molecule has 0 atom stereocenters. The molecular weight excluding hydrogens is 200 g/mol. The van der Waals surface area contributed by atoms with Crippen LogP contribution in [0.5, 0.6) is 0 Å². The molecule has 0 radical (unpaired) electrons. The Bertz CT molecular complexity index is 483. The van der Waals surface area contributed by atoms with Crippen molar-refractivity contribution in [2.75, 3.05) is 0 Å². The zero-order valence-electron chi connectivity index (χ0n) is 9.02. The van der Waals surface area contributed by atoms with Gasteiger partial charge in [0, 0.05) is 11.6 Å². The SMILES string of the molecule is NCc1cc(-c2ccc(C3CC3)cc2)no1. The second-order valence-electron chi connectivity index (χ2n) is 4.28. The first-order valence-electron chi connectivity index (χ1n) is 5.63. The van der Waals surface area contributed by atoms with Crippen LogP contribution in [0.15, 0.2) is 34.9 Å². The van der Waals surface area contributed by atoms with Crippen molar-refractivity contribution >= 4 is 0 Å². The van der Waals surface area contributed by atoms with Crippen LogP contribution in [0, 0.1) is 0 Å². The third kappa shape index (κ3) is 1.74. The van der Waals surface area contributed by atoms with Crippen molar-refractivity contribution in [3.05, 3.63) is 41.7 Å². The van der Waals surface area contributed by atoms with Gasteiger partial charge in [0.1, 0.15) is 5.69 Å². The fraction of sp³-hybridized carbons (Fsp3) is 0.308. The van der Waals surface area contributed by atoms with Crippen molar-refractivity contribution in [2.24, 2.45) is 5.73 Å². The Morgan fingerprint density at radius 3 is 2.56 bits per heavy atom. The standard InChI is InChI=1S/C13H14N2O/c14-8-12-7-13(15-16-12)11-5-3-10(4-6-11)9-1-2-9/h3-7,9H,1-2,8,14H2. The van der Waals surface area contributed by atoms with Gasteiger partial charge in [0.25, 0.3) is 0 Å². The number of hydrogen-bond acceptors (Lipinski definition) is 3. The molecule has 0 spiro atoms. The maximum absolute atomic E-state index is 5.48. The highest BCUT2D eigenvalue weighted by Crippen LogP contribution is 2.40. The van der Waals surface area contributed by atoms with Crippen LogP contribution in [0.25, 0.3) is 11.3 Å². The van der Waals surface area contributed by atoms with Crippen LogP contribution in [0.2, 0.25) is 0 Å². The summed E-state index contributed by atoms with van der Waals surface area (Å²) in [5.41, 5.74) is 8.87. The highest BCUT2D eigenvalue weighted by atomic mass is 16.5. The molecule has 1 fully saturated rings. The Hall–Kier alpha value is -1.61. The molecule has 0 aliphatic heterocycles. The van der Waals surface area contributed by atoms with Crippen LogP contribution in [0.1, 0.15) is 30.1 Å². The first kappa shape index (κ1) is 9.60. The lowest BCUT2D eigenvalue weighted by molar-refractivity contribution is 0.387. The predicted molar refractivity (Wildman–Crippen MR) is 61.8 cm³/mol. The summed E-state index contributed by atoms with van der Waals surface area (Å²) in [6.45, 7) is 0.396. The molecule has 2 aromatic rings. The first-order valence-corrected chi connectivity index (χ1v) is 5.63. The second-order valence-corrected chi connectivity index (χ2v) is 4.28. The van der Waals surface area contributed by atoms with Gasteiger partial charge >= 0.3 is 0 Å². The molecule has 1 heterocycles. The molecular formula is C13H14N2O. The number of nitrogens with two attached hydrogens (primary N) is 1. The Kier molecular flexibility index (Phi) is 2.26. The molecule has 1 aliphatic carbocycles. The van der Waals surface area contributed by atoms with Gasteiger partial charge in [0.15, 0.2) is 5.76 Å². The van der Waals surface area contributed by atoms with Crippen molar-refractivity contribution in [3.63, 3.8) is 0 Å². The Morgan fingerprint density at radius 1 is 1.25 bits per heavy atom. The third-order valence-electron chi connectivity index (χ3n) is 3.02. The van der Waals surface area contributed by atoms with Crippen LogP contribution in [0.4, 0.5) is 0 Å². The van der Waals surface area contributed by atoms with Crippen LogP contribution in [0.3, 0.4) is 0 Å². The molecule has 16 heavy (non-hydrogen) atoms. The van der Waals surface area contributed by atoms with E-state index >= 15 is 0 Å². The number of benzene rings is 1. The van der Waals surface area contributed by atoms with E-state index < -0.39 is 0 Å². The summed E-state index contributed by atoms with van der Waals surface area (Å²) in [4.78, 5) is 0. The van der Waals surface area contributed by atoms with E-state index in [0.29, 0.717) is 6.54 Å². The van der Waals surface area contributed by atoms with Crippen LogP contribution < -0.4 is 5.73 Å². The second kappa shape index (κ2) is 3.76. The molecule has 0 saturated heterocycles. The van der Waals surface area contributed by atoms with Crippen molar-refractivity contribution in [1.82, 2.24) is 5.16 Å². The number of aromatic nitrogens is 1. The largest absolute Gasteiger partial charge is 0.359 e. The average molecular weight is 214 g/mol. The lowest BCUT2D eigenvalue weighted by atomic mass is 10.1. The molecule has 1 aromatic carbocycles. The van der Waals surface area contributed by atoms with Gasteiger partial charge in [-0.05, 0) is 24.3 Å². The number of rotatable bonds is 3. The molecule has 2 N–H and O–H groups in total. The average Bonchev–Trinajstić information content (AvgIpc) is 3.07. The molecule has 0 amide bonds. The Labute approximate surface area is 94.2 Å². The van der Waals surface area contributed by atoms with Gasteiger partial charge < -0.3 is 10.3 Å². The number of nitrogens with zero attached hydrogens (tertiary/aromatic N) is 1. The fourth-order valence-electron chi connectivity index (χ4n) is 1.89. The maximum atomic E-state index is 5.48. The van der Waals surface area contributed by atoms with E-state index in [0.717, 1.165) is 22.9 Å². The zero-order valence-corrected chi connectivity index (χ0v) is 9.02. The van der Waals surface area contributed by atoms with Gasteiger partial charge in [-0.2, -0.15) is 0 Å². The zero-order chi connectivity index (χ0) is 11.0. The number of hydrogen-bond donors (Lipinski definition) is 1. The summed E-state index contributed by atoms with van der Waals surface area (Å²) in [5.74, 6) is 1.52. The highest BCUT2D eigenvalue weighted by molar-refractivity contribution is 5.59. The van der Waals surface area contributed by atoms with Gasteiger partial charge in [-0.3, -0.25) is 0 Å². The normalized spacial score (nSPS) is 15.3. The molecule has 3 rings (SSSR count). The summed E-state index contributed by atoms with van der Waals surface area (Å²) in [6, 6.07) is 10.5. The monoisotopic (exact) mass is 214 g/mol. The van der Waals surface area contributed by atoms with E-state index in [4.69, 9.17) is 10.3 Å². The minimum atomic E-state index is 0.396. The lowest BCUT2D eigenvalue weighted by Gasteiger charge is -1.99. The van der Waals surface area contributed by atoms with E-state index in [1.807, 2.05) is 6.07 Å². The summed E-state index contributed by atoms with van der Waals surface area (Å²) in [6.07, 6.45) is 2.67. The minimum absolute atomic E-state index is 0.396. The van der Waals surface area contributed by atoms with Crippen LogP contribution in [-0.4, -0.2) is 5.16 Å². The minimum Gasteiger partial charge on any atom is -0.359 e. The van der Waals surface area contributed by atoms with Crippen LogP contribution in [-0.2, 0) is 6.54 Å². The van der Waals surface area contributed by atoms with Crippen LogP contribution >= 0.6 is 0 Å². The van der Waals surface area contributed by atoms with E-state index in [1.165, 1.54) is 18.4 Å². The van der Waals surface area contributed by atoms with Gasteiger partial charge in [-0.1, -0.05) is 29.4 Å². The Morgan fingerprint density at radius 2 is 2.00 bits per heavy atom. The third-order valence-corrected chi connectivity index (χ3v) is 3.02. The van der Waals surface area contributed by atoms with E-state index in [2.05, 4.69) is 29.4 Å². The van der Waals surface area contributed by atoms with Crippen molar-refractivity contribution in [1.29, 1.82) is 0 Å². The molecule has 0 unspecified atom stereocenters. The van der Waals surface area contributed by atoms with Gasteiger partial charge in [-0.25, -0.2) is 0 Å². The van der Waals surface area contributed by atoms with E-state index in [1.54, 1.807) is 0 Å². The van der Waals surface area contributed by atoms with Crippen molar-refractivity contribution < 1.29 is 4.52 Å². The Balaban J connectivity index is 1.87. The summed E-state index contributed by atoms with van der Waals surface area (Å²) in [7, 11) is 0. The lowest BCUT2D eigenvalue weighted by Crippen LogP contribution is -1.92. The molecule has 3 heteroatoms. The summed E-state index contributed by atoms with van der Waals surface area (Å²) >= 11 is 0. The van der Waals surface area contributed by atoms with E-state index in [-0.39, 0.29) is 0 Å². The van der Waals surface area contributed by atoms with Gasteiger partial charge in [0.05, 0.1) is 6.54 Å². The highest BCUT2D eigenvalue weighted by Gasteiger charge is 2.23. The van der Waals surface area contributed by atoms with E-state index in [9.17, 15) is 0 Å². The smallest absolute Gasteiger partial charge is 0.150 e. The molecule has 82 valence electrons. The molecule has 3 nitrogen and oxygen atoms in total. The van der Waals surface area contributed by atoms with Crippen molar-refractivity contribution in [3.8, 4) is 11.3 Å². The summed E-state index contributed by atoms with van der Waals surface area (Å²) in [5, 5.41) is 3.99. The summed E-state index contributed by atoms with van der Waals surface area (Å²) < 4.78 is 5.08.